The molecule has 1 aliphatic heterocycles. The van der Waals surface area contributed by atoms with Crippen LogP contribution >= 0.6 is 0 Å². The maximum absolute atomic E-state index is 5.44. The number of para-hydroxylation sites is 1. The van der Waals surface area contributed by atoms with Crippen molar-refractivity contribution in [3.8, 4) is 11.5 Å². The molecule has 0 spiro atoms. The number of ether oxygens (including phenoxy) is 2. The fraction of sp³-hybridized carbons (Fsp3) is 0.238. The topological polar surface area (TPSA) is 59.5 Å². The molecule has 6 nitrogen and oxygen atoms in total. The molecular formula is C21H22N4O2. The number of rotatable bonds is 5. The van der Waals surface area contributed by atoms with Gasteiger partial charge in [0.15, 0.2) is 0 Å². The van der Waals surface area contributed by atoms with Crippen molar-refractivity contribution in [2.75, 3.05) is 24.4 Å². The number of hydrogen-bond acceptors (Lipinski definition) is 6. The van der Waals surface area contributed by atoms with Gasteiger partial charge in [0, 0.05) is 23.9 Å². The molecule has 0 aliphatic carbocycles. The lowest BCUT2D eigenvalue weighted by atomic mass is 10.1. The Kier molecular flexibility index (Phi) is 4.54. The fourth-order valence-corrected chi connectivity index (χ4v) is 3.51. The van der Waals surface area contributed by atoms with Gasteiger partial charge < -0.3 is 19.7 Å². The quantitative estimate of drug-likeness (QED) is 0.729. The normalized spacial score (nSPS) is 15.4. The van der Waals surface area contributed by atoms with Gasteiger partial charge in [0.1, 0.15) is 29.5 Å². The minimum Gasteiger partial charge on any atom is -0.497 e. The Bertz CT molecular complexity index is 960. The second kappa shape index (κ2) is 7.15. The molecular weight excluding hydrogens is 340 g/mol. The monoisotopic (exact) mass is 362 g/mol. The SMILES string of the molecule is COc1ccc(OC)c(Nc2cc(N3c4ccccc4CC3C)ncn2)c1. The Morgan fingerprint density at radius 1 is 1.04 bits per heavy atom. The highest BCUT2D eigenvalue weighted by molar-refractivity contribution is 5.72. The van der Waals surface area contributed by atoms with Gasteiger partial charge in [0.2, 0.25) is 0 Å². The lowest BCUT2D eigenvalue weighted by Crippen LogP contribution is -2.24. The molecule has 0 saturated carbocycles. The first-order valence-corrected chi connectivity index (χ1v) is 8.88. The summed E-state index contributed by atoms with van der Waals surface area (Å²) in [5.74, 6) is 3.03. The summed E-state index contributed by atoms with van der Waals surface area (Å²) in [6.07, 6.45) is 2.59. The largest absolute Gasteiger partial charge is 0.497 e. The summed E-state index contributed by atoms with van der Waals surface area (Å²) < 4.78 is 10.8. The lowest BCUT2D eigenvalue weighted by Gasteiger charge is -2.24. The van der Waals surface area contributed by atoms with E-state index in [9.17, 15) is 0 Å². The van der Waals surface area contributed by atoms with E-state index in [1.165, 1.54) is 11.3 Å². The van der Waals surface area contributed by atoms with Crippen LogP contribution in [0.5, 0.6) is 11.5 Å². The van der Waals surface area contributed by atoms with Gasteiger partial charge in [-0.2, -0.15) is 0 Å². The van der Waals surface area contributed by atoms with Gasteiger partial charge in [-0.3, -0.25) is 0 Å². The van der Waals surface area contributed by atoms with Crippen LogP contribution in [0.25, 0.3) is 0 Å². The van der Waals surface area contributed by atoms with E-state index in [1.807, 2.05) is 24.3 Å². The average Bonchev–Trinajstić information content (AvgIpc) is 3.03. The Morgan fingerprint density at radius 3 is 2.70 bits per heavy atom. The first kappa shape index (κ1) is 17.1. The zero-order valence-electron chi connectivity index (χ0n) is 15.6. The summed E-state index contributed by atoms with van der Waals surface area (Å²) in [5.41, 5.74) is 3.33. The number of hydrogen-bond donors (Lipinski definition) is 1. The predicted molar refractivity (Wildman–Crippen MR) is 107 cm³/mol. The number of benzene rings is 2. The first-order chi connectivity index (χ1) is 13.2. The van der Waals surface area contributed by atoms with Crippen LogP contribution in [0.3, 0.4) is 0 Å². The number of methoxy groups -OCH3 is 2. The zero-order chi connectivity index (χ0) is 18.8. The van der Waals surface area contributed by atoms with Gasteiger partial charge in [0.05, 0.1) is 19.9 Å². The van der Waals surface area contributed by atoms with Crippen LogP contribution in [0, 0.1) is 0 Å². The van der Waals surface area contributed by atoms with Crippen LogP contribution in [0.2, 0.25) is 0 Å². The van der Waals surface area contributed by atoms with Crippen LogP contribution in [0.1, 0.15) is 12.5 Å². The molecule has 0 fully saturated rings. The maximum Gasteiger partial charge on any atom is 0.142 e. The molecule has 1 aromatic heterocycles. The molecule has 0 saturated heterocycles. The maximum atomic E-state index is 5.44. The molecule has 1 unspecified atom stereocenters. The second-order valence-electron chi connectivity index (χ2n) is 6.50. The smallest absolute Gasteiger partial charge is 0.142 e. The van der Waals surface area contributed by atoms with E-state index >= 15 is 0 Å². The Hall–Kier alpha value is -3.28. The highest BCUT2D eigenvalue weighted by Crippen LogP contribution is 2.38. The molecule has 4 rings (SSSR count). The lowest BCUT2D eigenvalue weighted by molar-refractivity contribution is 0.405. The molecule has 1 atom stereocenters. The van der Waals surface area contributed by atoms with Crippen molar-refractivity contribution < 1.29 is 9.47 Å². The van der Waals surface area contributed by atoms with Crippen LogP contribution in [-0.2, 0) is 6.42 Å². The zero-order valence-corrected chi connectivity index (χ0v) is 15.6. The van der Waals surface area contributed by atoms with E-state index in [2.05, 4.69) is 51.4 Å². The van der Waals surface area contributed by atoms with Crippen molar-refractivity contribution in [1.29, 1.82) is 0 Å². The number of nitrogens with zero attached hydrogens (tertiary/aromatic N) is 3. The van der Waals surface area contributed by atoms with Crippen LogP contribution in [0.15, 0.2) is 54.9 Å². The van der Waals surface area contributed by atoms with Gasteiger partial charge in [0.25, 0.3) is 0 Å². The summed E-state index contributed by atoms with van der Waals surface area (Å²) >= 11 is 0. The van der Waals surface area contributed by atoms with E-state index < -0.39 is 0 Å². The molecule has 3 aromatic rings. The number of anilines is 4. The van der Waals surface area contributed by atoms with Crippen molar-refractivity contribution in [2.24, 2.45) is 0 Å². The van der Waals surface area contributed by atoms with E-state index in [0.717, 1.165) is 29.4 Å². The number of fused-ring (bicyclic) bond motifs is 1. The predicted octanol–water partition coefficient (Wildman–Crippen LogP) is 4.32. The van der Waals surface area contributed by atoms with Crippen molar-refractivity contribution in [3.63, 3.8) is 0 Å². The van der Waals surface area contributed by atoms with Crippen molar-refractivity contribution in [3.05, 3.63) is 60.4 Å². The molecule has 2 aromatic carbocycles. The van der Waals surface area contributed by atoms with E-state index in [-0.39, 0.29) is 0 Å². The van der Waals surface area contributed by atoms with Crippen LogP contribution in [0.4, 0.5) is 23.0 Å². The summed E-state index contributed by atoms with van der Waals surface area (Å²) in [5, 5.41) is 3.32. The Balaban J connectivity index is 1.66. The molecule has 1 N–H and O–H groups in total. The van der Waals surface area contributed by atoms with Gasteiger partial charge in [-0.05, 0) is 37.1 Å². The third-order valence-electron chi connectivity index (χ3n) is 4.78. The molecule has 2 heterocycles. The Labute approximate surface area is 158 Å². The minimum atomic E-state index is 0.344. The molecule has 1 aliphatic rings. The molecule has 0 radical (unpaired) electrons. The molecule has 6 heteroatoms. The third kappa shape index (κ3) is 3.26. The summed E-state index contributed by atoms with van der Waals surface area (Å²) in [7, 11) is 3.28. The molecule has 0 bridgehead atoms. The van der Waals surface area contributed by atoms with Crippen LogP contribution in [-0.4, -0.2) is 30.2 Å². The van der Waals surface area contributed by atoms with Gasteiger partial charge in [-0.15, -0.1) is 0 Å². The molecule has 0 amide bonds. The number of nitrogens with one attached hydrogen (secondary N) is 1. The minimum absolute atomic E-state index is 0.344. The average molecular weight is 362 g/mol. The van der Waals surface area contributed by atoms with Gasteiger partial charge in [-0.1, -0.05) is 18.2 Å². The highest BCUT2D eigenvalue weighted by atomic mass is 16.5. The van der Waals surface area contributed by atoms with Crippen molar-refractivity contribution >= 4 is 23.0 Å². The second-order valence-corrected chi connectivity index (χ2v) is 6.50. The highest BCUT2D eigenvalue weighted by Gasteiger charge is 2.27. The van der Waals surface area contributed by atoms with Gasteiger partial charge >= 0.3 is 0 Å². The third-order valence-corrected chi connectivity index (χ3v) is 4.78. The molecule has 138 valence electrons. The summed E-state index contributed by atoms with van der Waals surface area (Å²) in [4.78, 5) is 11.1. The summed E-state index contributed by atoms with van der Waals surface area (Å²) in [6, 6.07) is 16.4. The number of aromatic nitrogens is 2. The van der Waals surface area contributed by atoms with Crippen molar-refractivity contribution in [2.45, 2.75) is 19.4 Å². The fourth-order valence-electron chi connectivity index (χ4n) is 3.51. The summed E-state index contributed by atoms with van der Waals surface area (Å²) in [6.45, 7) is 2.21. The van der Waals surface area contributed by atoms with E-state index in [1.54, 1.807) is 20.5 Å². The van der Waals surface area contributed by atoms with Gasteiger partial charge in [-0.25, -0.2) is 9.97 Å². The Morgan fingerprint density at radius 2 is 1.89 bits per heavy atom. The van der Waals surface area contributed by atoms with E-state index in [0.29, 0.717) is 11.9 Å². The van der Waals surface area contributed by atoms with Crippen LogP contribution < -0.4 is 19.7 Å². The molecule has 27 heavy (non-hydrogen) atoms. The van der Waals surface area contributed by atoms with Crippen molar-refractivity contribution in [1.82, 2.24) is 9.97 Å². The first-order valence-electron chi connectivity index (χ1n) is 8.88. The standard InChI is InChI=1S/C21H22N4O2/c1-14-10-15-6-4-5-7-18(15)25(14)21-12-20(22-13-23-21)24-17-11-16(26-2)8-9-19(17)27-3/h4-9,11-14H,10H2,1-3H3,(H,22,23,24). The van der Waals surface area contributed by atoms with E-state index in [4.69, 9.17) is 9.47 Å².